The Morgan fingerprint density at radius 3 is 2.86 bits per heavy atom. The quantitative estimate of drug-likeness (QED) is 0.870. The highest BCUT2D eigenvalue weighted by Crippen LogP contribution is 2.63. The van der Waals surface area contributed by atoms with Gasteiger partial charge in [0.25, 0.3) is 5.91 Å². The summed E-state index contributed by atoms with van der Waals surface area (Å²) in [5.41, 5.74) is 4.13. The summed E-state index contributed by atoms with van der Waals surface area (Å²) in [5.74, 6) is 0.874. The first kappa shape index (κ1) is 15.0. The lowest BCUT2D eigenvalue weighted by molar-refractivity contribution is -0.123. The van der Waals surface area contributed by atoms with Crippen LogP contribution in [0.4, 0.5) is 0 Å². The molecule has 5 heteroatoms. The minimum atomic E-state index is -0.248. The fourth-order valence-corrected chi connectivity index (χ4v) is 3.83. The topological polar surface area (TPSA) is 63.6 Å². The molecule has 1 N–H and O–H groups in total. The normalized spacial score (nSPS) is 30.5. The number of carbonyl (C=O) groups excluding carboxylic acids is 1. The summed E-state index contributed by atoms with van der Waals surface area (Å²) in [6.07, 6.45) is 5.04. The molecule has 118 valence electrons. The lowest BCUT2D eigenvalue weighted by Crippen LogP contribution is -2.35. The van der Waals surface area contributed by atoms with E-state index in [9.17, 15) is 4.79 Å². The number of amides is 1. The van der Waals surface area contributed by atoms with E-state index in [0.717, 1.165) is 18.6 Å². The van der Waals surface area contributed by atoms with Crippen molar-refractivity contribution in [3.63, 3.8) is 0 Å². The van der Waals surface area contributed by atoms with Crippen molar-refractivity contribution in [2.45, 2.75) is 40.0 Å². The number of pyridine rings is 1. The first-order valence-electron chi connectivity index (χ1n) is 7.83. The fraction of sp³-hybridized carbons (Fsp3) is 0.588. The number of nitrogens with zero attached hydrogens (tertiary/aromatic N) is 2. The second kappa shape index (κ2) is 5.38. The number of hydrazone groups is 1. The van der Waals surface area contributed by atoms with E-state index in [1.54, 1.807) is 18.3 Å². The average Bonchev–Trinajstić information content (AvgIpc) is 2.85. The molecule has 0 radical (unpaired) electrons. The SMILES string of the molecule is CC1(C)[C@H]2CC[C@]1(C)C(=NNC(=O)COc1ccccn1)C2. The van der Waals surface area contributed by atoms with Gasteiger partial charge in [-0.2, -0.15) is 5.10 Å². The molecule has 0 aliphatic heterocycles. The summed E-state index contributed by atoms with van der Waals surface area (Å²) >= 11 is 0. The molecule has 1 heterocycles. The highest BCUT2D eigenvalue weighted by Gasteiger charge is 2.59. The third-order valence-corrected chi connectivity index (χ3v) is 5.82. The van der Waals surface area contributed by atoms with Crippen LogP contribution < -0.4 is 10.2 Å². The van der Waals surface area contributed by atoms with Crippen molar-refractivity contribution in [1.29, 1.82) is 0 Å². The minimum absolute atomic E-state index is 0.0721. The van der Waals surface area contributed by atoms with Gasteiger partial charge in [0.05, 0.1) is 0 Å². The molecule has 2 aliphatic carbocycles. The molecule has 2 saturated carbocycles. The van der Waals surface area contributed by atoms with Crippen LogP contribution in [-0.2, 0) is 4.79 Å². The van der Waals surface area contributed by atoms with E-state index < -0.39 is 0 Å². The molecule has 22 heavy (non-hydrogen) atoms. The Morgan fingerprint density at radius 1 is 1.45 bits per heavy atom. The Kier molecular flexibility index (Phi) is 3.67. The van der Waals surface area contributed by atoms with Gasteiger partial charge in [-0.05, 0) is 36.7 Å². The predicted octanol–water partition coefficient (Wildman–Crippen LogP) is 2.78. The van der Waals surface area contributed by atoms with Gasteiger partial charge in [-0.15, -0.1) is 0 Å². The smallest absolute Gasteiger partial charge is 0.278 e. The average molecular weight is 301 g/mol. The van der Waals surface area contributed by atoms with Crippen LogP contribution in [-0.4, -0.2) is 23.2 Å². The highest BCUT2D eigenvalue weighted by molar-refractivity contribution is 5.95. The molecule has 0 aromatic carbocycles. The summed E-state index contributed by atoms with van der Waals surface area (Å²) in [6.45, 7) is 6.84. The standard InChI is InChI=1S/C17H23N3O2/c1-16(2)12-7-8-17(16,3)13(10-12)19-20-14(21)11-22-15-6-4-5-9-18-15/h4-6,9,12H,7-8,10-11H2,1-3H3,(H,20,21)/t12-,17+/m0/s1. The summed E-state index contributed by atoms with van der Waals surface area (Å²) < 4.78 is 5.32. The first-order chi connectivity index (χ1) is 10.4. The Balaban J connectivity index is 1.57. The van der Waals surface area contributed by atoms with Gasteiger partial charge in [-0.25, -0.2) is 10.4 Å². The van der Waals surface area contributed by atoms with Crippen molar-refractivity contribution in [3.05, 3.63) is 24.4 Å². The van der Waals surface area contributed by atoms with Gasteiger partial charge in [0.1, 0.15) is 0 Å². The highest BCUT2D eigenvalue weighted by atomic mass is 16.5. The third kappa shape index (κ3) is 2.38. The molecule has 5 nitrogen and oxygen atoms in total. The van der Waals surface area contributed by atoms with Crippen molar-refractivity contribution in [3.8, 4) is 5.88 Å². The van der Waals surface area contributed by atoms with E-state index >= 15 is 0 Å². The van der Waals surface area contributed by atoms with Crippen LogP contribution in [0.2, 0.25) is 0 Å². The lowest BCUT2D eigenvalue weighted by atomic mass is 9.70. The molecular formula is C17H23N3O2. The van der Waals surface area contributed by atoms with Crippen LogP contribution in [0.3, 0.4) is 0 Å². The van der Waals surface area contributed by atoms with Gasteiger partial charge in [-0.1, -0.05) is 26.8 Å². The monoisotopic (exact) mass is 301 g/mol. The van der Waals surface area contributed by atoms with E-state index in [0.29, 0.717) is 11.8 Å². The van der Waals surface area contributed by atoms with Crippen LogP contribution in [0.1, 0.15) is 40.0 Å². The molecule has 0 spiro atoms. The number of hydrogen-bond donors (Lipinski definition) is 1. The molecule has 1 amide bonds. The number of nitrogens with one attached hydrogen (secondary N) is 1. The van der Waals surface area contributed by atoms with Crippen LogP contribution >= 0.6 is 0 Å². The van der Waals surface area contributed by atoms with E-state index in [-0.39, 0.29) is 23.3 Å². The van der Waals surface area contributed by atoms with E-state index in [1.807, 2.05) is 6.07 Å². The van der Waals surface area contributed by atoms with E-state index in [1.165, 1.54) is 6.42 Å². The van der Waals surface area contributed by atoms with Crippen LogP contribution in [0.5, 0.6) is 5.88 Å². The van der Waals surface area contributed by atoms with E-state index in [4.69, 9.17) is 4.74 Å². The van der Waals surface area contributed by atoms with Crippen molar-refractivity contribution in [2.24, 2.45) is 21.8 Å². The second-order valence-corrected chi connectivity index (χ2v) is 7.04. The van der Waals surface area contributed by atoms with Crippen LogP contribution in [0, 0.1) is 16.7 Å². The number of rotatable bonds is 4. The Hall–Kier alpha value is -1.91. The Labute approximate surface area is 131 Å². The van der Waals surface area contributed by atoms with Gasteiger partial charge in [-0.3, -0.25) is 4.79 Å². The predicted molar refractivity (Wildman–Crippen MR) is 84.5 cm³/mol. The Morgan fingerprint density at radius 2 is 2.27 bits per heavy atom. The summed E-state index contributed by atoms with van der Waals surface area (Å²) in [5, 5.41) is 4.40. The molecule has 3 rings (SSSR count). The maximum absolute atomic E-state index is 11.9. The van der Waals surface area contributed by atoms with Gasteiger partial charge < -0.3 is 4.74 Å². The maximum Gasteiger partial charge on any atom is 0.278 e. The zero-order chi connectivity index (χ0) is 15.8. The summed E-state index contributed by atoms with van der Waals surface area (Å²) in [6, 6.07) is 5.34. The zero-order valence-electron chi connectivity index (χ0n) is 13.4. The number of aromatic nitrogens is 1. The largest absolute Gasteiger partial charge is 0.467 e. The number of carbonyl (C=O) groups is 1. The fourth-order valence-electron chi connectivity index (χ4n) is 3.83. The third-order valence-electron chi connectivity index (χ3n) is 5.82. The van der Waals surface area contributed by atoms with Gasteiger partial charge in [0, 0.05) is 23.4 Å². The molecular weight excluding hydrogens is 278 g/mol. The molecule has 2 bridgehead atoms. The number of ether oxygens (including phenoxy) is 1. The molecule has 2 aliphatic rings. The van der Waals surface area contributed by atoms with Gasteiger partial charge in [0.2, 0.25) is 5.88 Å². The minimum Gasteiger partial charge on any atom is -0.467 e. The second-order valence-electron chi connectivity index (χ2n) is 7.04. The lowest BCUT2D eigenvalue weighted by Gasteiger charge is -2.34. The van der Waals surface area contributed by atoms with Crippen molar-refractivity contribution in [1.82, 2.24) is 10.4 Å². The number of fused-ring (bicyclic) bond motifs is 2. The summed E-state index contributed by atoms with van der Waals surface area (Å²) in [7, 11) is 0. The number of hydrogen-bond acceptors (Lipinski definition) is 4. The first-order valence-corrected chi connectivity index (χ1v) is 7.83. The van der Waals surface area contributed by atoms with E-state index in [2.05, 4.69) is 36.3 Å². The molecule has 1 aromatic heterocycles. The van der Waals surface area contributed by atoms with Gasteiger partial charge >= 0.3 is 0 Å². The van der Waals surface area contributed by atoms with Crippen molar-refractivity contribution in [2.75, 3.05) is 6.61 Å². The van der Waals surface area contributed by atoms with Crippen molar-refractivity contribution < 1.29 is 9.53 Å². The molecule has 0 unspecified atom stereocenters. The van der Waals surface area contributed by atoms with Crippen LogP contribution in [0.25, 0.3) is 0 Å². The Bertz CT molecular complexity index is 597. The van der Waals surface area contributed by atoms with Crippen molar-refractivity contribution >= 4 is 11.6 Å². The van der Waals surface area contributed by atoms with Crippen LogP contribution in [0.15, 0.2) is 29.5 Å². The van der Waals surface area contributed by atoms with Gasteiger partial charge in [0.15, 0.2) is 6.61 Å². The zero-order valence-corrected chi connectivity index (χ0v) is 13.4. The molecule has 2 atom stereocenters. The molecule has 1 aromatic rings. The molecule has 0 saturated heterocycles. The summed E-state index contributed by atoms with van der Waals surface area (Å²) in [4.78, 5) is 15.9. The maximum atomic E-state index is 11.9. The molecule has 2 fully saturated rings.